The molecule has 0 saturated heterocycles. The Labute approximate surface area is 97.5 Å². The number of aryl methyl sites for hydroxylation is 1. The van der Waals surface area contributed by atoms with Gasteiger partial charge >= 0.3 is 5.97 Å². The molecule has 0 bridgehead atoms. The molecule has 1 amide bonds. The number of rotatable bonds is 6. The average Bonchev–Trinajstić information content (AvgIpc) is 2.72. The number of hydrogen-bond donors (Lipinski definition) is 2. The minimum atomic E-state index is -0.847. The quantitative estimate of drug-likeness (QED) is 0.737. The van der Waals surface area contributed by atoms with Crippen LogP contribution in [0.25, 0.3) is 0 Å². The zero-order valence-electron chi connectivity index (χ0n) is 9.02. The van der Waals surface area contributed by atoms with E-state index >= 15 is 0 Å². The Morgan fingerprint density at radius 3 is 2.88 bits per heavy atom. The standard InChI is InChI=1S/C10H14N2O3S/c1-2-8-12-6-7(16-8)10(15)11-5-3-4-9(13)14/h6H,2-5H2,1H3,(H,11,15)(H,13,14). The predicted octanol–water partition coefficient (Wildman–Crippen LogP) is 1.30. The molecule has 88 valence electrons. The van der Waals surface area contributed by atoms with Gasteiger partial charge in [0.05, 0.1) is 11.2 Å². The summed E-state index contributed by atoms with van der Waals surface area (Å²) in [5.41, 5.74) is 0. The van der Waals surface area contributed by atoms with Crippen molar-refractivity contribution >= 4 is 23.2 Å². The van der Waals surface area contributed by atoms with Crippen LogP contribution >= 0.6 is 11.3 Å². The molecule has 0 radical (unpaired) electrons. The normalized spacial score (nSPS) is 10.1. The first-order valence-corrected chi connectivity index (χ1v) is 5.89. The van der Waals surface area contributed by atoms with E-state index in [-0.39, 0.29) is 12.3 Å². The number of amides is 1. The molecule has 1 aromatic heterocycles. The molecule has 0 atom stereocenters. The van der Waals surface area contributed by atoms with Gasteiger partial charge in [-0.25, -0.2) is 4.98 Å². The van der Waals surface area contributed by atoms with Crippen molar-refractivity contribution in [1.82, 2.24) is 10.3 Å². The first kappa shape index (κ1) is 12.6. The van der Waals surface area contributed by atoms with Gasteiger partial charge in [-0.3, -0.25) is 9.59 Å². The first-order valence-electron chi connectivity index (χ1n) is 5.08. The molecular weight excluding hydrogens is 228 g/mol. The van der Waals surface area contributed by atoms with Crippen molar-refractivity contribution in [2.24, 2.45) is 0 Å². The number of aliphatic carboxylic acids is 1. The number of carbonyl (C=O) groups is 2. The largest absolute Gasteiger partial charge is 0.481 e. The van der Waals surface area contributed by atoms with Gasteiger partial charge in [0.15, 0.2) is 0 Å². The van der Waals surface area contributed by atoms with Crippen LogP contribution < -0.4 is 5.32 Å². The summed E-state index contributed by atoms with van der Waals surface area (Å²) in [7, 11) is 0. The van der Waals surface area contributed by atoms with E-state index in [0.717, 1.165) is 11.4 Å². The fraction of sp³-hybridized carbons (Fsp3) is 0.500. The maximum Gasteiger partial charge on any atom is 0.303 e. The van der Waals surface area contributed by atoms with E-state index in [2.05, 4.69) is 10.3 Å². The Morgan fingerprint density at radius 1 is 1.56 bits per heavy atom. The van der Waals surface area contributed by atoms with Crippen LogP contribution in [0.5, 0.6) is 0 Å². The molecule has 1 heterocycles. The highest BCUT2D eigenvalue weighted by molar-refractivity contribution is 7.13. The number of carbonyl (C=O) groups excluding carboxylic acids is 1. The number of nitrogens with zero attached hydrogens (tertiary/aromatic N) is 1. The Morgan fingerprint density at radius 2 is 2.31 bits per heavy atom. The smallest absolute Gasteiger partial charge is 0.303 e. The minimum Gasteiger partial charge on any atom is -0.481 e. The first-order chi connectivity index (χ1) is 7.63. The SMILES string of the molecule is CCc1ncc(C(=O)NCCCC(=O)O)s1. The third-order valence-electron chi connectivity index (χ3n) is 1.93. The lowest BCUT2D eigenvalue weighted by molar-refractivity contribution is -0.137. The fourth-order valence-corrected chi connectivity index (χ4v) is 1.88. The van der Waals surface area contributed by atoms with Gasteiger partial charge in [-0.15, -0.1) is 11.3 Å². The van der Waals surface area contributed by atoms with Crippen LogP contribution in [0.2, 0.25) is 0 Å². The van der Waals surface area contributed by atoms with E-state index in [1.165, 1.54) is 11.3 Å². The van der Waals surface area contributed by atoms with Crippen molar-refractivity contribution in [3.8, 4) is 0 Å². The second-order valence-corrected chi connectivity index (χ2v) is 4.34. The van der Waals surface area contributed by atoms with Crippen molar-refractivity contribution in [2.45, 2.75) is 26.2 Å². The van der Waals surface area contributed by atoms with Gasteiger partial charge < -0.3 is 10.4 Å². The van der Waals surface area contributed by atoms with Gasteiger partial charge in [0.2, 0.25) is 0 Å². The lowest BCUT2D eigenvalue weighted by atomic mass is 10.3. The van der Waals surface area contributed by atoms with Crippen LogP contribution in [-0.4, -0.2) is 28.5 Å². The van der Waals surface area contributed by atoms with Gasteiger partial charge in [0.25, 0.3) is 5.91 Å². The van der Waals surface area contributed by atoms with E-state index in [0.29, 0.717) is 17.8 Å². The van der Waals surface area contributed by atoms with Crippen LogP contribution in [0.15, 0.2) is 6.20 Å². The second kappa shape index (κ2) is 6.22. The lowest BCUT2D eigenvalue weighted by Crippen LogP contribution is -2.24. The van der Waals surface area contributed by atoms with E-state index < -0.39 is 5.97 Å². The highest BCUT2D eigenvalue weighted by Gasteiger charge is 2.09. The molecule has 1 aromatic rings. The van der Waals surface area contributed by atoms with Gasteiger partial charge in [-0.2, -0.15) is 0 Å². The summed E-state index contributed by atoms with van der Waals surface area (Å²) in [4.78, 5) is 26.4. The summed E-state index contributed by atoms with van der Waals surface area (Å²) in [6.07, 6.45) is 2.89. The molecule has 0 fully saturated rings. The number of aromatic nitrogens is 1. The summed E-state index contributed by atoms with van der Waals surface area (Å²) in [6.45, 7) is 2.36. The highest BCUT2D eigenvalue weighted by Crippen LogP contribution is 2.12. The molecule has 0 aliphatic heterocycles. The Kier molecular flexibility index (Phi) is 4.91. The van der Waals surface area contributed by atoms with Crippen LogP contribution in [-0.2, 0) is 11.2 Å². The number of carboxylic acids is 1. The van der Waals surface area contributed by atoms with E-state index in [1.54, 1.807) is 6.20 Å². The van der Waals surface area contributed by atoms with Crippen molar-refractivity contribution in [1.29, 1.82) is 0 Å². The van der Waals surface area contributed by atoms with Gasteiger partial charge in [0.1, 0.15) is 4.88 Å². The molecule has 0 spiro atoms. The fourth-order valence-electron chi connectivity index (χ4n) is 1.11. The van der Waals surface area contributed by atoms with E-state index in [1.807, 2.05) is 6.92 Å². The highest BCUT2D eigenvalue weighted by atomic mass is 32.1. The second-order valence-electron chi connectivity index (χ2n) is 3.22. The molecular formula is C10H14N2O3S. The topological polar surface area (TPSA) is 79.3 Å². The monoisotopic (exact) mass is 242 g/mol. The summed E-state index contributed by atoms with van der Waals surface area (Å²) in [6, 6.07) is 0. The number of nitrogens with one attached hydrogen (secondary N) is 1. The maximum absolute atomic E-state index is 11.5. The molecule has 2 N–H and O–H groups in total. The van der Waals surface area contributed by atoms with Crippen LogP contribution in [0.1, 0.15) is 34.4 Å². The van der Waals surface area contributed by atoms with Crippen molar-refractivity contribution in [3.05, 3.63) is 16.1 Å². The molecule has 1 rings (SSSR count). The molecule has 6 heteroatoms. The third-order valence-corrected chi connectivity index (χ3v) is 3.07. The molecule has 0 aliphatic carbocycles. The molecule has 0 aromatic carbocycles. The maximum atomic E-state index is 11.5. The average molecular weight is 242 g/mol. The lowest BCUT2D eigenvalue weighted by Gasteiger charge is -2.00. The van der Waals surface area contributed by atoms with Crippen molar-refractivity contribution in [2.75, 3.05) is 6.54 Å². The van der Waals surface area contributed by atoms with E-state index in [4.69, 9.17) is 5.11 Å². The Balaban J connectivity index is 2.32. The number of thiazole rings is 1. The predicted molar refractivity (Wildman–Crippen MR) is 60.7 cm³/mol. The van der Waals surface area contributed by atoms with E-state index in [9.17, 15) is 9.59 Å². The number of carboxylic acid groups (broad SMARTS) is 1. The summed E-state index contributed by atoms with van der Waals surface area (Å²) < 4.78 is 0. The third kappa shape index (κ3) is 3.98. The van der Waals surface area contributed by atoms with Crippen molar-refractivity contribution in [3.63, 3.8) is 0 Å². The Hall–Kier alpha value is -1.43. The van der Waals surface area contributed by atoms with Crippen LogP contribution in [0.4, 0.5) is 0 Å². The molecule has 16 heavy (non-hydrogen) atoms. The zero-order valence-corrected chi connectivity index (χ0v) is 9.84. The van der Waals surface area contributed by atoms with Crippen LogP contribution in [0.3, 0.4) is 0 Å². The van der Waals surface area contributed by atoms with Gasteiger partial charge in [0, 0.05) is 13.0 Å². The summed E-state index contributed by atoms with van der Waals surface area (Å²) in [5, 5.41) is 12.0. The molecule has 0 unspecified atom stereocenters. The van der Waals surface area contributed by atoms with Crippen LogP contribution in [0, 0.1) is 0 Å². The van der Waals surface area contributed by atoms with Crippen molar-refractivity contribution < 1.29 is 14.7 Å². The molecule has 0 aliphatic rings. The summed E-state index contributed by atoms with van der Waals surface area (Å²) >= 11 is 1.37. The Bertz CT molecular complexity index is 376. The van der Waals surface area contributed by atoms with Gasteiger partial charge in [-0.05, 0) is 12.8 Å². The minimum absolute atomic E-state index is 0.0726. The summed E-state index contributed by atoms with van der Waals surface area (Å²) in [5.74, 6) is -1.03. The number of hydrogen-bond acceptors (Lipinski definition) is 4. The molecule has 0 saturated carbocycles. The molecule has 5 nitrogen and oxygen atoms in total. The zero-order chi connectivity index (χ0) is 12.0. The van der Waals surface area contributed by atoms with Gasteiger partial charge in [-0.1, -0.05) is 6.92 Å².